The molecule has 0 saturated carbocycles. The third-order valence-corrected chi connectivity index (χ3v) is 5.42. The van der Waals surface area contributed by atoms with Gasteiger partial charge in [-0.25, -0.2) is 4.98 Å². The predicted molar refractivity (Wildman–Crippen MR) is 73.1 cm³/mol. The second-order valence-electron chi connectivity index (χ2n) is 3.97. The zero-order valence-electron chi connectivity index (χ0n) is 8.46. The Bertz CT molecular complexity index is 321. The Hall–Kier alpha value is 0.630. The molecule has 0 aliphatic rings. The maximum Gasteiger partial charge on any atom is 0.132 e. The molecule has 0 aromatic carbocycles. The summed E-state index contributed by atoms with van der Waals surface area (Å²) in [5, 5.41) is 10.1. The van der Waals surface area contributed by atoms with Gasteiger partial charge in [-0.15, -0.1) is 0 Å². The maximum atomic E-state index is 10.1. The third kappa shape index (κ3) is 2.82. The van der Waals surface area contributed by atoms with E-state index in [1.54, 1.807) is 6.33 Å². The SMILES string of the molecule is CC(C)C(C)(O)Cn1cnc(I)c1I. The molecule has 0 radical (unpaired) electrons. The summed E-state index contributed by atoms with van der Waals surface area (Å²) in [4.78, 5) is 4.19. The van der Waals surface area contributed by atoms with E-state index in [1.165, 1.54) is 0 Å². The largest absolute Gasteiger partial charge is 0.388 e. The van der Waals surface area contributed by atoms with Gasteiger partial charge in [0.15, 0.2) is 0 Å². The first-order valence-electron chi connectivity index (χ1n) is 4.43. The van der Waals surface area contributed by atoms with Crippen molar-refractivity contribution in [2.45, 2.75) is 32.9 Å². The van der Waals surface area contributed by atoms with Gasteiger partial charge in [0.25, 0.3) is 0 Å². The topological polar surface area (TPSA) is 38.0 Å². The lowest BCUT2D eigenvalue weighted by atomic mass is 9.92. The van der Waals surface area contributed by atoms with Gasteiger partial charge >= 0.3 is 0 Å². The lowest BCUT2D eigenvalue weighted by molar-refractivity contribution is -0.00330. The van der Waals surface area contributed by atoms with Gasteiger partial charge in [0.05, 0.1) is 18.5 Å². The summed E-state index contributed by atoms with van der Waals surface area (Å²) in [5.74, 6) is 0.235. The van der Waals surface area contributed by atoms with Crippen molar-refractivity contribution in [3.05, 3.63) is 13.7 Å². The molecule has 0 amide bonds. The molecule has 1 unspecified atom stereocenters. The van der Waals surface area contributed by atoms with E-state index in [1.807, 2.05) is 25.3 Å². The van der Waals surface area contributed by atoms with E-state index in [2.05, 4.69) is 50.2 Å². The van der Waals surface area contributed by atoms with Crippen LogP contribution in [0, 0.1) is 13.3 Å². The Kier molecular flexibility index (Phi) is 4.22. The van der Waals surface area contributed by atoms with E-state index in [9.17, 15) is 5.11 Å². The highest BCUT2D eigenvalue weighted by molar-refractivity contribution is 14.1. The second-order valence-corrected chi connectivity index (χ2v) is 6.01. The molecule has 1 N–H and O–H groups in total. The van der Waals surface area contributed by atoms with E-state index in [-0.39, 0.29) is 5.92 Å². The van der Waals surface area contributed by atoms with Gasteiger partial charge in [-0.2, -0.15) is 0 Å². The Morgan fingerprint density at radius 2 is 2.14 bits per heavy atom. The van der Waals surface area contributed by atoms with Crippen molar-refractivity contribution in [2.24, 2.45) is 5.92 Å². The monoisotopic (exact) mass is 420 g/mol. The summed E-state index contributed by atoms with van der Waals surface area (Å²) >= 11 is 4.44. The predicted octanol–water partition coefficient (Wildman–Crippen LogP) is 2.50. The summed E-state index contributed by atoms with van der Waals surface area (Å²) in [6.45, 7) is 6.50. The van der Waals surface area contributed by atoms with E-state index < -0.39 is 5.60 Å². The average Bonchev–Trinajstić information content (AvgIpc) is 2.35. The van der Waals surface area contributed by atoms with E-state index in [0.717, 1.165) is 7.40 Å². The summed E-state index contributed by atoms with van der Waals surface area (Å²) in [6.07, 6.45) is 1.78. The highest BCUT2D eigenvalue weighted by Crippen LogP contribution is 2.21. The highest BCUT2D eigenvalue weighted by atomic mass is 127. The fourth-order valence-corrected chi connectivity index (χ4v) is 1.85. The van der Waals surface area contributed by atoms with Gasteiger partial charge in [-0.05, 0) is 58.0 Å². The van der Waals surface area contributed by atoms with Crippen molar-refractivity contribution in [2.75, 3.05) is 0 Å². The zero-order valence-corrected chi connectivity index (χ0v) is 12.8. The van der Waals surface area contributed by atoms with Crippen LogP contribution in [0.15, 0.2) is 6.33 Å². The molecular formula is C9H14I2N2O. The molecule has 0 bridgehead atoms. The van der Waals surface area contributed by atoms with E-state index >= 15 is 0 Å². The van der Waals surface area contributed by atoms with Gasteiger partial charge in [0, 0.05) is 0 Å². The lowest BCUT2D eigenvalue weighted by Crippen LogP contribution is -2.36. The minimum Gasteiger partial charge on any atom is -0.388 e. The molecule has 0 fully saturated rings. The first-order valence-corrected chi connectivity index (χ1v) is 6.59. The minimum absolute atomic E-state index is 0.235. The van der Waals surface area contributed by atoms with Crippen LogP contribution in [0.25, 0.3) is 0 Å². The quantitative estimate of drug-likeness (QED) is 0.764. The molecule has 0 spiro atoms. The number of rotatable bonds is 3. The Labute approximate surface area is 112 Å². The van der Waals surface area contributed by atoms with Crippen LogP contribution < -0.4 is 0 Å². The molecule has 1 aromatic heterocycles. The van der Waals surface area contributed by atoms with Gasteiger partial charge in [0.2, 0.25) is 0 Å². The molecule has 1 rings (SSSR count). The average molecular weight is 420 g/mol. The lowest BCUT2D eigenvalue weighted by Gasteiger charge is -2.28. The summed E-state index contributed by atoms with van der Waals surface area (Å²) in [7, 11) is 0. The number of nitrogens with zero attached hydrogens (tertiary/aromatic N) is 2. The summed E-state index contributed by atoms with van der Waals surface area (Å²) < 4.78 is 4.06. The number of hydrogen-bond donors (Lipinski definition) is 1. The van der Waals surface area contributed by atoms with Crippen molar-refractivity contribution in [3.63, 3.8) is 0 Å². The first kappa shape index (κ1) is 12.7. The standard InChI is InChI=1S/C9H14I2N2O/c1-6(2)9(3,14)4-13-5-12-7(10)8(13)11/h5-6,14H,4H2,1-3H3. The molecule has 0 aliphatic carbocycles. The molecule has 0 aliphatic heterocycles. The number of aromatic nitrogens is 2. The summed E-state index contributed by atoms with van der Waals surface area (Å²) in [5.41, 5.74) is -0.677. The van der Waals surface area contributed by atoms with Gasteiger partial charge in [-0.1, -0.05) is 13.8 Å². The molecule has 0 saturated heterocycles. The van der Waals surface area contributed by atoms with Crippen LogP contribution in [0.3, 0.4) is 0 Å². The van der Waals surface area contributed by atoms with Crippen LogP contribution in [0.2, 0.25) is 0 Å². The second kappa shape index (κ2) is 4.65. The van der Waals surface area contributed by atoms with Crippen LogP contribution in [-0.4, -0.2) is 20.3 Å². The highest BCUT2D eigenvalue weighted by Gasteiger charge is 2.26. The molecule has 1 aromatic rings. The summed E-state index contributed by atoms with van der Waals surface area (Å²) in [6, 6.07) is 0. The number of halogens is 2. The van der Waals surface area contributed by atoms with Gasteiger partial charge in [-0.3, -0.25) is 0 Å². The Morgan fingerprint density at radius 1 is 1.57 bits per heavy atom. The maximum absolute atomic E-state index is 10.1. The smallest absolute Gasteiger partial charge is 0.132 e. The number of imidazole rings is 1. The molecule has 3 nitrogen and oxygen atoms in total. The fraction of sp³-hybridized carbons (Fsp3) is 0.667. The van der Waals surface area contributed by atoms with Crippen molar-refractivity contribution < 1.29 is 5.11 Å². The van der Waals surface area contributed by atoms with Crippen molar-refractivity contribution >= 4 is 45.2 Å². The molecule has 1 atom stereocenters. The van der Waals surface area contributed by atoms with Crippen molar-refractivity contribution in [1.29, 1.82) is 0 Å². The van der Waals surface area contributed by atoms with E-state index in [4.69, 9.17) is 0 Å². The van der Waals surface area contributed by atoms with E-state index in [0.29, 0.717) is 6.54 Å². The van der Waals surface area contributed by atoms with Gasteiger partial charge < -0.3 is 9.67 Å². The van der Waals surface area contributed by atoms with Crippen LogP contribution in [0.1, 0.15) is 20.8 Å². The molecule has 5 heteroatoms. The Morgan fingerprint density at radius 3 is 2.50 bits per heavy atom. The minimum atomic E-state index is -0.677. The van der Waals surface area contributed by atoms with Crippen LogP contribution in [0.5, 0.6) is 0 Å². The number of hydrogen-bond acceptors (Lipinski definition) is 2. The van der Waals surface area contributed by atoms with Crippen molar-refractivity contribution in [3.8, 4) is 0 Å². The van der Waals surface area contributed by atoms with Crippen LogP contribution >= 0.6 is 45.2 Å². The van der Waals surface area contributed by atoms with Crippen LogP contribution in [-0.2, 0) is 6.54 Å². The zero-order chi connectivity index (χ0) is 10.9. The van der Waals surface area contributed by atoms with Crippen LogP contribution in [0.4, 0.5) is 0 Å². The molecule has 80 valence electrons. The Balaban J connectivity index is 2.84. The van der Waals surface area contributed by atoms with Crippen molar-refractivity contribution in [1.82, 2.24) is 9.55 Å². The van der Waals surface area contributed by atoms with Gasteiger partial charge in [0.1, 0.15) is 7.40 Å². The third-order valence-electron chi connectivity index (χ3n) is 2.47. The molecular weight excluding hydrogens is 406 g/mol. The first-order chi connectivity index (χ1) is 6.34. The molecule has 1 heterocycles. The molecule has 14 heavy (non-hydrogen) atoms. The normalized spacial score (nSPS) is 15.9. The number of aliphatic hydroxyl groups is 1. The fourth-order valence-electron chi connectivity index (χ4n) is 0.981.